The highest BCUT2D eigenvalue weighted by Crippen LogP contribution is 2.30. The number of aryl methyl sites for hydroxylation is 2. The monoisotopic (exact) mass is 318 g/mol. The molecule has 0 bridgehead atoms. The SMILES string of the molecule is CCSc1cccc(C(=O)Nc2nc3c(s2)CCCC3)c1. The molecule has 21 heavy (non-hydrogen) atoms. The quantitative estimate of drug-likeness (QED) is 0.850. The van der Waals surface area contributed by atoms with Gasteiger partial charge in [-0.05, 0) is 49.6 Å². The summed E-state index contributed by atoms with van der Waals surface area (Å²) < 4.78 is 0. The Kier molecular flexibility index (Phi) is 4.60. The fourth-order valence-corrected chi connectivity index (χ4v) is 4.23. The van der Waals surface area contributed by atoms with E-state index in [9.17, 15) is 4.79 Å². The van der Waals surface area contributed by atoms with Gasteiger partial charge >= 0.3 is 0 Å². The van der Waals surface area contributed by atoms with E-state index in [0.717, 1.165) is 28.6 Å². The molecule has 110 valence electrons. The van der Waals surface area contributed by atoms with Crippen LogP contribution in [0.2, 0.25) is 0 Å². The molecule has 1 aliphatic rings. The van der Waals surface area contributed by atoms with E-state index >= 15 is 0 Å². The summed E-state index contributed by atoms with van der Waals surface area (Å²) in [6.45, 7) is 2.11. The smallest absolute Gasteiger partial charge is 0.257 e. The maximum absolute atomic E-state index is 12.3. The van der Waals surface area contributed by atoms with E-state index in [2.05, 4.69) is 17.2 Å². The van der Waals surface area contributed by atoms with E-state index in [1.165, 1.54) is 23.4 Å². The topological polar surface area (TPSA) is 42.0 Å². The summed E-state index contributed by atoms with van der Waals surface area (Å²) >= 11 is 3.37. The number of fused-ring (bicyclic) bond motifs is 1. The Labute approximate surface area is 133 Å². The number of carbonyl (C=O) groups excluding carboxylic acids is 1. The molecule has 1 N–H and O–H groups in total. The summed E-state index contributed by atoms with van der Waals surface area (Å²) in [6.07, 6.45) is 4.59. The van der Waals surface area contributed by atoms with Crippen LogP contribution in [0.25, 0.3) is 0 Å². The zero-order valence-corrected chi connectivity index (χ0v) is 13.6. The van der Waals surface area contributed by atoms with Crippen molar-refractivity contribution >= 4 is 34.1 Å². The maximum atomic E-state index is 12.3. The maximum Gasteiger partial charge on any atom is 0.257 e. The van der Waals surface area contributed by atoms with E-state index in [-0.39, 0.29) is 5.91 Å². The van der Waals surface area contributed by atoms with Gasteiger partial charge in [-0.1, -0.05) is 13.0 Å². The fraction of sp³-hybridized carbons (Fsp3) is 0.375. The summed E-state index contributed by atoms with van der Waals surface area (Å²) in [6, 6.07) is 7.76. The number of thioether (sulfide) groups is 1. The molecule has 0 saturated heterocycles. The van der Waals surface area contributed by atoms with Crippen LogP contribution in [0.15, 0.2) is 29.2 Å². The van der Waals surface area contributed by atoms with Crippen molar-refractivity contribution < 1.29 is 4.79 Å². The molecule has 1 heterocycles. The standard InChI is InChI=1S/C16H18N2OS2/c1-2-20-12-7-5-6-11(10-12)15(19)18-16-17-13-8-3-4-9-14(13)21-16/h5-7,10H,2-4,8-9H2,1H3,(H,17,18,19). The third-order valence-corrected chi connectivity index (χ3v) is 5.42. The number of benzene rings is 1. The van der Waals surface area contributed by atoms with Crippen LogP contribution in [-0.4, -0.2) is 16.6 Å². The van der Waals surface area contributed by atoms with Gasteiger partial charge in [0.15, 0.2) is 5.13 Å². The molecule has 5 heteroatoms. The van der Waals surface area contributed by atoms with Crippen LogP contribution in [0.1, 0.15) is 40.7 Å². The Morgan fingerprint density at radius 1 is 1.38 bits per heavy atom. The Bertz CT molecular complexity index is 628. The average molecular weight is 318 g/mol. The third-order valence-electron chi connectivity index (χ3n) is 3.47. The number of hydrogen-bond acceptors (Lipinski definition) is 4. The molecule has 0 spiro atoms. The first-order valence-electron chi connectivity index (χ1n) is 7.29. The van der Waals surface area contributed by atoms with Gasteiger partial charge in [-0.3, -0.25) is 10.1 Å². The minimum absolute atomic E-state index is 0.0698. The number of rotatable bonds is 4. The second-order valence-corrected chi connectivity index (χ2v) is 7.43. The first kappa shape index (κ1) is 14.6. The Hall–Kier alpha value is -1.33. The van der Waals surface area contributed by atoms with E-state index in [1.54, 1.807) is 23.1 Å². The minimum atomic E-state index is -0.0698. The highest BCUT2D eigenvalue weighted by molar-refractivity contribution is 7.99. The lowest BCUT2D eigenvalue weighted by Crippen LogP contribution is -2.11. The van der Waals surface area contributed by atoms with Gasteiger partial charge in [-0.15, -0.1) is 23.1 Å². The lowest BCUT2D eigenvalue weighted by molar-refractivity contribution is 0.102. The van der Waals surface area contributed by atoms with Crippen molar-refractivity contribution in [3.05, 3.63) is 40.4 Å². The fourth-order valence-electron chi connectivity index (χ4n) is 2.47. The van der Waals surface area contributed by atoms with Crippen molar-refractivity contribution in [1.82, 2.24) is 4.98 Å². The zero-order valence-electron chi connectivity index (χ0n) is 12.0. The van der Waals surface area contributed by atoms with Crippen LogP contribution in [-0.2, 0) is 12.8 Å². The van der Waals surface area contributed by atoms with Gasteiger partial charge in [-0.2, -0.15) is 0 Å². The molecule has 0 saturated carbocycles. The van der Waals surface area contributed by atoms with Crippen LogP contribution in [0.4, 0.5) is 5.13 Å². The van der Waals surface area contributed by atoms with Crippen LogP contribution >= 0.6 is 23.1 Å². The summed E-state index contributed by atoms with van der Waals surface area (Å²) in [5.41, 5.74) is 1.87. The van der Waals surface area contributed by atoms with Gasteiger partial charge in [0.05, 0.1) is 5.69 Å². The summed E-state index contributed by atoms with van der Waals surface area (Å²) in [5.74, 6) is 0.934. The average Bonchev–Trinajstić information content (AvgIpc) is 2.90. The lowest BCUT2D eigenvalue weighted by atomic mass is 10.0. The van der Waals surface area contributed by atoms with Crippen molar-refractivity contribution in [2.45, 2.75) is 37.5 Å². The second kappa shape index (κ2) is 6.62. The molecule has 1 aromatic carbocycles. The number of aromatic nitrogens is 1. The van der Waals surface area contributed by atoms with Crippen molar-refractivity contribution in [3.63, 3.8) is 0 Å². The van der Waals surface area contributed by atoms with Gasteiger partial charge < -0.3 is 0 Å². The van der Waals surface area contributed by atoms with Crippen LogP contribution in [0, 0.1) is 0 Å². The third kappa shape index (κ3) is 3.47. The number of anilines is 1. The van der Waals surface area contributed by atoms with E-state index in [4.69, 9.17) is 0 Å². The number of hydrogen-bond donors (Lipinski definition) is 1. The predicted molar refractivity (Wildman–Crippen MR) is 89.5 cm³/mol. The molecule has 2 aromatic rings. The largest absolute Gasteiger partial charge is 0.298 e. The van der Waals surface area contributed by atoms with E-state index in [0.29, 0.717) is 5.56 Å². The van der Waals surface area contributed by atoms with Gasteiger partial charge in [0.2, 0.25) is 0 Å². The van der Waals surface area contributed by atoms with Crippen molar-refractivity contribution in [1.29, 1.82) is 0 Å². The number of nitrogens with zero attached hydrogens (tertiary/aromatic N) is 1. The Morgan fingerprint density at radius 3 is 3.05 bits per heavy atom. The van der Waals surface area contributed by atoms with Crippen molar-refractivity contribution in [2.75, 3.05) is 11.1 Å². The molecule has 0 fully saturated rings. The predicted octanol–water partition coefficient (Wildman–Crippen LogP) is 4.39. The zero-order chi connectivity index (χ0) is 14.7. The molecule has 3 nitrogen and oxygen atoms in total. The second-order valence-electron chi connectivity index (χ2n) is 5.01. The molecule has 3 rings (SSSR count). The number of thiazole rings is 1. The van der Waals surface area contributed by atoms with Crippen molar-refractivity contribution in [2.24, 2.45) is 0 Å². The first-order chi connectivity index (χ1) is 10.3. The van der Waals surface area contributed by atoms with Gasteiger partial charge in [0.1, 0.15) is 0 Å². The van der Waals surface area contributed by atoms with E-state index in [1.807, 2.05) is 24.3 Å². The molecular weight excluding hydrogens is 300 g/mol. The summed E-state index contributed by atoms with van der Waals surface area (Å²) in [7, 11) is 0. The van der Waals surface area contributed by atoms with Gasteiger partial charge in [0, 0.05) is 15.3 Å². The minimum Gasteiger partial charge on any atom is -0.298 e. The summed E-state index contributed by atoms with van der Waals surface area (Å²) in [4.78, 5) is 19.4. The summed E-state index contributed by atoms with van der Waals surface area (Å²) in [5, 5.41) is 3.68. The molecular formula is C16H18N2OS2. The van der Waals surface area contributed by atoms with Gasteiger partial charge in [0.25, 0.3) is 5.91 Å². The highest BCUT2D eigenvalue weighted by Gasteiger charge is 2.16. The lowest BCUT2D eigenvalue weighted by Gasteiger charge is -2.06. The highest BCUT2D eigenvalue weighted by atomic mass is 32.2. The first-order valence-corrected chi connectivity index (χ1v) is 9.09. The van der Waals surface area contributed by atoms with E-state index < -0.39 is 0 Å². The molecule has 0 atom stereocenters. The molecule has 1 amide bonds. The van der Waals surface area contributed by atoms with Gasteiger partial charge in [-0.25, -0.2) is 4.98 Å². The number of amides is 1. The molecule has 0 radical (unpaired) electrons. The van der Waals surface area contributed by atoms with Crippen LogP contribution in [0.3, 0.4) is 0 Å². The van der Waals surface area contributed by atoms with Crippen molar-refractivity contribution in [3.8, 4) is 0 Å². The number of carbonyl (C=O) groups is 1. The molecule has 0 unspecified atom stereocenters. The molecule has 1 aliphatic carbocycles. The number of nitrogens with one attached hydrogen (secondary N) is 1. The molecule has 1 aromatic heterocycles. The normalized spacial score (nSPS) is 13.8. The Morgan fingerprint density at radius 2 is 2.24 bits per heavy atom. The Balaban J connectivity index is 1.73. The molecule has 0 aliphatic heterocycles. The van der Waals surface area contributed by atoms with Crippen LogP contribution < -0.4 is 5.32 Å². The van der Waals surface area contributed by atoms with Crippen LogP contribution in [0.5, 0.6) is 0 Å².